The van der Waals surface area contributed by atoms with E-state index in [2.05, 4.69) is 33.9 Å². The van der Waals surface area contributed by atoms with Crippen LogP contribution in [0.2, 0.25) is 0 Å². The van der Waals surface area contributed by atoms with Crippen molar-refractivity contribution in [2.24, 2.45) is 0 Å². The van der Waals surface area contributed by atoms with E-state index in [4.69, 9.17) is 4.74 Å². The fraction of sp³-hybridized carbons (Fsp3) is 0.400. The van der Waals surface area contributed by atoms with Crippen molar-refractivity contribution in [1.82, 2.24) is 19.8 Å². The Morgan fingerprint density at radius 1 is 1.18 bits per heavy atom. The van der Waals surface area contributed by atoms with Crippen molar-refractivity contribution in [2.45, 2.75) is 52.6 Å². The molecule has 5 rings (SSSR count). The summed E-state index contributed by atoms with van der Waals surface area (Å²) in [6.07, 6.45) is 4.23. The monoisotopic (exact) mass is 513 g/mol. The van der Waals surface area contributed by atoms with Crippen LogP contribution in [-0.4, -0.2) is 58.0 Å². The lowest BCUT2D eigenvalue weighted by molar-refractivity contribution is 0.0724. The molecule has 0 N–H and O–H groups in total. The van der Waals surface area contributed by atoms with Gasteiger partial charge in [0.15, 0.2) is 0 Å². The number of carbonyl (C=O) groups is 1. The molecule has 1 atom stereocenters. The van der Waals surface area contributed by atoms with Crippen LogP contribution in [0, 0.1) is 24.2 Å². The number of nitriles is 1. The lowest BCUT2D eigenvalue weighted by atomic mass is 9.87. The van der Waals surface area contributed by atoms with Gasteiger partial charge < -0.3 is 14.5 Å². The molecule has 196 valence electrons. The summed E-state index contributed by atoms with van der Waals surface area (Å²) in [5, 5.41) is 9.34. The molecule has 3 aromatic rings. The standard InChI is InChI=1S/C30H32FN5O2/c1-4-38-28-15-23(33-17-22(28)16-32)18-36-12-9-25-26(24-5-6-29(31)34-20(24)3)13-21(14-27(25)30(36)37)8-11-35-10-7-19(35)2/h5-6,13-15,17,19H,4,7-12,18H2,1-3H3/t19-/m1/s1. The number of nitrogens with zero attached hydrogens (tertiary/aromatic N) is 5. The van der Waals surface area contributed by atoms with Gasteiger partial charge in [-0.1, -0.05) is 6.07 Å². The molecule has 0 bridgehead atoms. The van der Waals surface area contributed by atoms with Crippen LogP contribution < -0.4 is 4.74 Å². The summed E-state index contributed by atoms with van der Waals surface area (Å²) in [4.78, 5) is 26.5. The minimum atomic E-state index is -0.508. The molecule has 2 aromatic heterocycles. The number of hydrogen-bond acceptors (Lipinski definition) is 6. The Bertz CT molecular complexity index is 1420. The van der Waals surface area contributed by atoms with Crippen LogP contribution in [-0.2, 0) is 19.4 Å². The Labute approximate surface area is 222 Å². The number of halogens is 1. The predicted molar refractivity (Wildman–Crippen MR) is 142 cm³/mol. The highest BCUT2D eigenvalue weighted by Crippen LogP contribution is 2.34. The molecule has 0 spiro atoms. The van der Waals surface area contributed by atoms with Gasteiger partial charge in [-0.15, -0.1) is 0 Å². The number of ether oxygens (including phenoxy) is 1. The number of fused-ring (bicyclic) bond motifs is 1. The maximum absolute atomic E-state index is 13.8. The number of likely N-dealkylation sites (tertiary alicyclic amines) is 1. The molecule has 38 heavy (non-hydrogen) atoms. The Balaban J connectivity index is 1.48. The molecule has 0 unspecified atom stereocenters. The second-order valence-corrected chi connectivity index (χ2v) is 10.1. The number of aryl methyl sites for hydroxylation is 1. The SMILES string of the molecule is CCOc1cc(CN2CCc3c(cc(CCN4CC[C@H]4C)cc3-c3ccc(F)nc3C)C2=O)ncc1C#N. The summed E-state index contributed by atoms with van der Waals surface area (Å²) in [5.74, 6) is -0.0796. The fourth-order valence-electron chi connectivity index (χ4n) is 5.35. The number of amides is 1. The largest absolute Gasteiger partial charge is 0.492 e. The lowest BCUT2D eigenvalue weighted by Gasteiger charge is -2.38. The third-order valence-corrected chi connectivity index (χ3v) is 7.64. The van der Waals surface area contributed by atoms with Crippen LogP contribution >= 0.6 is 0 Å². The molecule has 4 heterocycles. The second-order valence-electron chi connectivity index (χ2n) is 10.1. The third kappa shape index (κ3) is 5.11. The van der Waals surface area contributed by atoms with E-state index < -0.39 is 5.95 Å². The second kappa shape index (κ2) is 10.9. The highest BCUT2D eigenvalue weighted by Gasteiger charge is 2.29. The molecule has 2 aliphatic rings. The van der Waals surface area contributed by atoms with Gasteiger partial charge in [-0.3, -0.25) is 9.78 Å². The van der Waals surface area contributed by atoms with Crippen LogP contribution in [0.25, 0.3) is 11.1 Å². The molecule has 2 aliphatic heterocycles. The highest BCUT2D eigenvalue weighted by atomic mass is 19.1. The van der Waals surface area contributed by atoms with Gasteiger partial charge in [0.05, 0.1) is 18.8 Å². The summed E-state index contributed by atoms with van der Waals surface area (Å²) in [6.45, 7) is 9.25. The maximum atomic E-state index is 13.8. The van der Waals surface area contributed by atoms with Crippen molar-refractivity contribution >= 4 is 5.91 Å². The number of hydrogen-bond donors (Lipinski definition) is 0. The van der Waals surface area contributed by atoms with E-state index >= 15 is 0 Å². The van der Waals surface area contributed by atoms with Crippen LogP contribution in [0.1, 0.15) is 58.7 Å². The van der Waals surface area contributed by atoms with Gasteiger partial charge in [0.2, 0.25) is 5.95 Å². The normalized spacial score (nSPS) is 17.1. The first-order valence-electron chi connectivity index (χ1n) is 13.2. The van der Waals surface area contributed by atoms with E-state index in [9.17, 15) is 14.4 Å². The van der Waals surface area contributed by atoms with E-state index in [0.717, 1.165) is 41.8 Å². The first kappa shape index (κ1) is 25.8. The van der Waals surface area contributed by atoms with Gasteiger partial charge in [-0.05, 0) is 81.5 Å². The summed E-state index contributed by atoms with van der Waals surface area (Å²) in [7, 11) is 0. The van der Waals surface area contributed by atoms with Gasteiger partial charge in [-0.25, -0.2) is 4.98 Å². The van der Waals surface area contributed by atoms with Crippen LogP contribution in [0.4, 0.5) is 4.39 Å². The van der Waals surface area contributed by atoms with E-state index in [1.165, 1.54) is 18.7 Å². The fourth-order valence-corrected chi connectivity index (χ4v) is 5.35. The van der Waals surface area contributed by atoms with Crippen molar-refractivity contribution in [2.75, 3.05) is 26.2 Å². The molecule has 0 radical (unpaired) electrons. The number of carbonyl (C=O) groups excluding carboxylic acids is 1. The minimum absolute atomic E-state index is 0.0523. The molecule has 1 saturated heterocycles. The van der Waals surface area contributed by atoms with Gasteiger partial charge in [0.1, 0.15) is 17.4 Å². The van der Waals surface area contributed by atoms with Gasteiger partial charge >= 0.3 is 0 Å². The zero-order chi connectivity index (χ0) is 26.8. The predicted octanol–water partition coefficient (Wildman–Crippen LogP) is 4.70. The van der Waals surface area contributed by atoms with E-state index in [0.29, 0.717) is 60.4 Å². The van der Waals surface area contributed by atoms with Gasteiger partial charge in [0.25, 0.3) is 5.91 Å². The van der Waals surface area contributed by atoms with E-state index in [1.54, 1.807) is 17.0 Å². The van der Waals surface area contributed by atoms with Crippen LogP contribution in [0.5, 0.6) is 5.75 Å². The topological polar surface area (TPSA) is 82.3 Å². The molecule has 1 aromatic carbocycles. The Morgan fingerprint density at radius 3 is 2.68 bits per heavy atom. The molecule has 1 fully saturated rings. The zero-order valence-electron chi connectivity index (χ0n) is 22.1. The highest BCUT2D eigenvalue weighted by molar-refractivity contribution is 5.99. The molecule has 8 heteroatoms. The number of aromatic nitrogens is 2. The molecular weight excluding hydrogens is 481 g/mol. The quantitative estimate of drug-likeness (QED) is 0.406. The number of rotatable bonds is 8. The van der Waals surface area contributed by atoms with Crippen LogP contribution in [0.3, 0.4) is 0 Å². The summed E-state index contributed by atoms with van der Waals surface area (Å²) >= 11 is 0. The third-order valence-electron chi connectivity index (χ3n) is 7.64. The minimum Gasteiger partial charge on any atom is -0.492 e. The van der Waals surface area contributed by atoms with Crippen molar-refractivity contribution in [3.05, 3.63) is 76.1 Å². The Hall–Kier alpha value is -3.83. The maximum Gasteiger partial charge on any atom is 0.254 e. The summed E-state index contributed by atoms with van der Waals surface area (Å²) in [5.41, 5.74) is 6.23. The molecule has 1 amide bonds. The van der Waals surface area contributed by atoms with Gasteiger partial charge in [0, 0.05) is 48.2 Å². The van der Waals surface area contributed by atoms with Crippen molar-refractivity contribution in [1.29, 1.82) is 5.26 Å². The Kier molecular flexibility index (Phi) is 7.39. The van der Waals surface area contributed by atoms with Crippen molar-refractivity contribution in [3.63, 3.8) is 0 Å². The average Bonchev–Trinajstić information content (AvgIpc) is 2.90. The summed E-state index contributed by atoms with van der Waals surface area (Å²) in [6, 6.07) is 11.8. The molecule has 0 aliphatic carbocycles. The smallest absolute Gasteiger partial charge is 0.254 e. The van der Waals surface area contributed by atoms with Crippen molar-refractivity contribution < 1.29 is 13.9 Å². The van der Waals surface area contributed by atoms with Gasteiger partial charge in [-0.2, -0.15) is 9.65 Å². The summed E-state index contributed by atoms with van der Waals surface area (Å²) < 4.78 is 19.4. The molecular formula is C30H32FN5O2. The number of benzene rings is 1. The van der Waals surface area contributed by atoms with Crippen LogP contribution in [0.15, 0.2) is 36.5 Å². The molecule has 0 saturated carbocycles. The van der Waals surface area contributed by atoms with E-state index in [1.807, 2.05) is 19.9 Å². The Morgan fingerprint density at radius 2 is 2.00 bits per heavy atom. The lowest BCUT2D eigenvalue weighted by Crippen LogP contribution is -2.46. The molecule has 7 nitrogen and oxygen atoms in total. The zero-order valence-corrected chi connectivity index (χ0v) is 22.1. The number of pyridine rings is 2. The first-order chi connectivity index (χ1) is 18.4. The average molecular weight is 514 g/mol. The van der Waals surface area contributed by atoms with E-state index in [-0.39, 0.29) is 5.91 Å². The first-order valence-corrected chi connectivity index (χ1v) is 13.2. The van der Waals surface area contributed by atoms with Crippen molar-refractivity contribution in [3.8, 4) is 22.9 Å².